The van der Waals surface area contributed by atoms with Gasteiger partial charge in [0.2, 0.25) is 0 Å². The molecular weight excluding hydrogens is 574 g/mol. The molecule has 0 aliphatic heterocycles. The number of H-pyrrole nitrogens is 2. The first-order valence-corrected chi connectivity index (χ1v) is 14.6. The Bertz CT molecular complexity index is 2220. The zero-order valence-corrected chi connectivity index (χ0v) is 24.8. The number of nitrogens with zero attached hydrogens (tertiary/aromatic N) is 1. The van der Waals surface area contributed by atoms with Gasteiger partial charge in [0, 0.05) is 62.3 Å². The molecule has 0 fully saturated rings. The number of para-hydroxylation sites is 1. The Kier molecular flexibility index (Phi) is 6.75. The SMILES string of the molecule is COc1ccc2c(c1)c(C(C(=O)O)c1ccc3[nH]cc(Cc4c[nH]c5ccccc45)c3c1)c(C)n2C(=O)c1ccc(Cl)cc1. The maximum atomic E-state index is 13.9. The Balaban J connectivity index is 1.38. The van der Waals surface area contributed by atoms with Gasteiger partial charge in [0.25, 0.3) is 5.91 Å². The van der Waals surface area contributed by atoms with Crippen LogP contribution in [0.1, 0.15) is 44.2 Å². The fourth-order valence-electron chi connectivity index (χ4n) is 6.33. The van der Waals surface area contributed by atoms with Crippen LogP contribution in [0.5, 0.6) is 5.75 Å². The fraction of sp³-hybridized carbons (Fsp3) is 0.111. The van der Waals surface area contributed by atoms with Crippen LogP contribution in [0.3, 0.4) is 0 Å². The smallest absolute Gasteiger partial charge is 0.315 e. The van der Waals surface area contributed by atoms with Gasteiger partial charge < -0.3 is 19.8 Å². The third-order valence-corrected chi connectivity index (χ3v) is 8.72. The minimum absolute atomic E-state index is 0.271. The third kappa shape index (κ3) is 4.53. The first-order chi connectivity index (χ1) is 21.3. The molecule has 7 rings (SSSR count). The summed E-state index contributed by atoms with van der Waals surface area (Å²) < 4.78 is 7.09. The van der Waals surface area contributed by atoms with E-state index in [1.165, 1.54) is 0 Å². The molecule has 0 aliphatic carbocycles. The van der Waals surface area contributed by atoms with Crippen LogP contribution in [0.4, 0.5) is 0 Å². The number of methoxy groups -OCH3 is 1. The number of aromatic nitrogens is 3. The lowest BCUT2D eigenvalue weighted by molar-refractivity contribution is -0.137. The minimum Gasteiger partial charge on any atom is -0.497 e. The van der Waals surface area contributed by atoms with Crippen LogP contribution in [-0.2, 0) is 11.2 Å². The van der Waals surface area contributed by atoms with Gasteiger partial charge >= 0.3 is 5.97 Å². The van der Waals surface area contributed by atoms with Crippen LogP contribution >= 0.6 is 11.6 Å². The largest absolute Gasteiger partial charge is 0.497 e. The van der Waals surface area contributed by atoms with Crippen LogP contribution in [0, 0.1) is 6.92 Å². The molecule has 218 valence electrons. The van der Waals surface area contributed by atoms with Crippen LogP contribution in [0.2, 0.25) is 5.02 Å². The average Bonchev–Trinajstić information content (AvgIpc) is 3.71. The number of fused-ring (bicyclic) bond motifs is 3. The van der Waals surface area contributed by atoms with Gasteiger partial charge in [-0.1, -0.05) is 35.9 Å². The summed E-state index contributed by atoms with van der Waals surface area (Å²) in [5.74, 6) is -1.75. The van der Waals surface area contributed by atoms with Gasteiger partial charge in [-0.05, 0) is 89.8 Å². The molecule has 4 aromatic carbocycles. The highest BCUT2D eigenvalue weighted by Gasteiger charge is 2.31. The molecule has 1 atom stereocenters. The van der Waals surface area contributed by atoms with Crippen molar-refractivity contribution < 1.29 is 19.4 Å². The number of carbonyl (C=O) groups excluding carboxylic acids is 1. The maximum absolute atomic E-state index is 13.9. The number of halogens is 1. The summed E-state index contributed by atoms with van der Waals surface area (Å²) in [6.07, 6.45) is 4.69. The molecule has 0 amide bonds. The molecule has 44 heavy (non-hydrogen) atoms. The number of ether oxygens (including phenoxy) is 1. The number of benzene rings is 4. The number of hydrogen-bond donors (Lipinski definition) is 3. The van der Waals surface area contributed by atoms with E-state index in [1.54, 1.807) is 61.1 Å². The number of nitrogens with one attached hydrogen (secondary N) is 2. The predicted molar refractivity (Wildman–Crippen MR) is 173 cm³/mol. The normalized spacial score (nSPS) is 12.2. The molecule has 3 heterocycles. The van der Waals surface area contributed by atoms with Crippen molar-refractivity contribution in [2.75, 3.05) is 7.11 Å². The molecule has 7 aromatic rings. The zero-order chi connectivity index (χ0) is 30.5. The van der Waals surface area contributed by atoms with E-state index in [-0.39, 0.29) is 5.91 Å². The number of carboxylic acids is 1. The molecule has 0 aliphatic rings. The Hall–Kier alpha value is -5.27. The van der Waals surface area contributed by atoms with Crippen molar-refractivity contribution in [2.45, 2.75) is 19.3 Å². The fourth-order valence-corrected chi connectivity index (χ4v) is 6.46. The van der Waals surface area contributed by atoms with Crippen LogP contribution < -0.4 is 4.74 Å². The van der Waals surface area contributed by atoms with Gasteiger partial charge in [-0.25, -0.2) is 0 Å². The van der Waals surface area contributed by atoms with Crippen molar-refractivity contribution in [2.24, 2.45) is 0 Å². The second-order valence-corrected chi connectivity index (χ2v) is 11.4. The second-order valence-electron chi connectivity index (χ2n) is 11.0. The lowest BCUT2D eigenvalue weighted by Crippen LogP contribution is -2.17. The first-order valence-electron chi connectivity index (χ1n) is 14.2. The number of hydrogen-bond acceptors (Lipinski definition) is 3. The predicted octanol–water partition coefficient (Wildman–Crippen LogP) is 8.07. The van der Waals surface area contributed by atoms with Gasteiger partial charge in [-0.2, -0.15) is 0 Å². The molecule has 0 saturated carbocycles. The molecule has 0 spiro atoms. The molecule has 3 aromatic heterocycles. The summed E-state index contributed by atoms with van der Waals surface area (Å²) >= 11 is 6.08. The van der Waals surface area contributed by atoms with Crippen molar-refractivity contribution in [1.29, 1.82) is 0 Å². The number of carbonyl (C=O) groups is 2. The maximum Gasteiger partial charge on any atom is 0.315 e. The monoisotopic (exact) mass is 601 g/mol. The van der Waals surface area contributed by atoms with Crippen molar-refractivity contribution in [3.63, 3.8) is 0 Å². The molecular formula is C36H28ClN3O4. The summed E-state index contributed by atoms with van der Waals surface area (Å²) in [6, 6.07) is 25.9. The van der Waals surface area contributed by atoms with E-state index in [0.717, 1.165) is 32.9 Å². The molecule has 0 radical (unpaired) electrons. The summed E-state index contributed by atoms with van der Waals surface area (Å²) in [5, 5.41) is 14.0. The number of aliphatic carboxylic acids is 1. The third-order valence-electron chi connectivity index (χ3n) is 8.47. The second kappa shape index (κ2) is 10.8. The van der Waals surface area contributed by atoms with E-state index < -0.39 is 11.9 Å². The van der Waals surface area contributed by atoms with Crippen molar-refractivity contribution in [1.82, 2.24) is 14.5 Å². The minimum atomic E-state index is -1.04. The van der Waals surface area contributed by atoms with Crippen LogP contribution in [-0.4, -0.2) is 38.6 Å². The van der Waals surface area contributed by atoms with E-state index in [1.807, 2.05) is 42.7 Å². The molecule has 1 unspecified atom stereocenters. The van der Waals surface area contributed by atoms with Crippen molar-refractivity contribution in [3.05, 3.63) is 136 Å². The Morgan fingerprint density at radius 1 is 0.864 bits per heavy atom. The lowest BCUT2D eigenvalue weighted by Gasteiger charge is -2.15. The van der Waals surface area contributed by atoms with Gasteiger partial charge in [-0.15, -0.1) is 0 Å². The quantitative estimate of drug-likeness (QED) is 0.172. The van der Waals surface area contributed by atoms with Gasteiger partial charge in [0.1, 0.15) is 11.7 Å². The molecule has 7 nitrogen and oxygen atoms in total. The molecule has 0 saturated heterocycles. The zero-order valence-electron chi connectivity index (χ0n) is 24.0. The van der Waals surface area contributed by atoms with Gasteiger partial charge in [0.05, 0.1) is 12.6 Å². The summed E-state index contributed by atoms with van der Waals surface area (Å²) in [4.78, 5) is 33.7. The summed E-state index contributed by atoms with van der Waals surface area (Å²) in [5.41, 5.74) is 6.98. The number of rotatable bonds is 7. The Labute approximate surface area is 257 Å². The summed E-state index contributed by atoms with van der Waals surface area (Å²) in [6.45, 7) is 1.79. The lowest BCUT2D eigenvalue weighted by atomic mass is 9.88. The Morgan fingerprint density at radius 2 is 1.57 bits per heavy atom. The van der Waals surface area contributed by atoms with E-state index in [4.69, 9.17) is 16.3 Å². The average molecular weight is 602 g/mol. The van der Waals surface area contributed by atoms with E-state index in [9.17, 15) is 14.7 Å². The van der Waals surface area contributed by atoms with Crippen molar-refractivity contribution >= 4 is 56.2 Å². The topological polar surface area (TPSA) is 100 Å². The van der Waals surface area contributed by atoms with Gasteiger partial charge in [0.15, 0.2) is 0 Å². The highest BCUT2D eigenvalue weighted by atomic mass is 35.5. The van der Waals surface area contributed by atoms with Gasteiger partial charge in [-0.3, -0.25) is 14.2 Å². The van der Waals surface area contributed by atoms with E-state index >= 15 is 0 Å². The van der Waals surface area contributed by atoms with E-state index in [2.05, 4.69) is 22.1 Å². The standard InChI is InChI=1S/C36H28ClN3O4/c1-20-33(29-17-26(44-2)12-14-32(29)40(20)35(41)21-7-10-25(37)11-8-21)34(36(42)43)22-9-13-31-28(16-22)24(19-39-31)15-23-18-38-30-6-4-3-5-27(23)30/h3-14,16-19,34,38-39H,15H2,1-2H3,(H,42,43). The van der Waals surface area contributed by atoms with Crippen LogP contribution in [0.25, 0.3) is 32.7 Å². The molecule has 3 N–H and O–H groups in total. The Morgan fingerprint density at radius 3 is 2.30 bits per heavy atom. The van der Waals surface area contributed by atoms with E-state index in [0.29, 0.717) is 50.5 Å². The summed E-state index contributed by atoms with van der Waals surface area (Å²) in [7, 11) is 1.56. The molecule has 8 heteroatoms. The number of aromatic amines is 2. The highest BCUT2D eigenvalue weighted by molar-refractivity contribution is 6.30. The first kappa shape index (κ1) is 27.6. The van der Waals surface area contributed by atoms with Crippen molar-refractivity contribution in [3.8, 4) is 5.75 Å². The number of carboxylic acid groups (broad SMARTS) is 1. The molecule has 0 bridgehead atoms. The highest BCUT2D eigenvalue weighted by Crippen LogP contribution is 2.39. The van der Waals surface area contributed by atoms with Crippen LogP contribution in [0.15, 0.2) is 97.3 Å².